The Morgan fingerprint density at radius 3 is 2.68 bits per heavy atom. The zero-order valence-corrected chi connectivity index (χ0v) is 12.4. The molecule has 0 atom stereocenters. The lowest BCUT2D eigenvalue weighted by Crippen LogP contribution is -2.31. The molecule has 0 unspecified atom stereocenters. The van der Waals surface area contributed by atoms with Crippen molar-refractivity contribution in [2.24, 2.45) is 0 Å². The van der Waals surface area contributed by atoms with Gasteiger partial charge in [-0.2, -0.15) is 0 Å². The number of rotatable bonds is 4. The lowest BCUT2D eigenvalue weighted by atomic mass is 10.1. The summed E-state index contributed by atoms with van der Waals surface area (Å²) >= 11 is 0. The standard InChI is InChI=1S/C15H18N4O3/c1-22-12-7-5-6-11(10-12)19-16-13(15(20)21)14(17-19)18-8-3-2-4-9-18/h5-7,10H,2-4,8-9H2,1H3,(H,20,21). The molecule has 1 N–H and O–H groups in total. The predicted molar refractivity (Wildman–Crippen MR) is 80.9 cm³/mol. The minimum absolute atomic E-state index is 0.00952. The number of aromatic carboxylic acids is 1. The molecule has 0 saturated carbocycles. The molecule has 2 heterocycles. The van der Waals surface area contributed by atoms with Gasteiger partial charge in [0.05, 0.1) is 12.8 Å². The van der Waals surface area contributed by atoms with Crippen molar-refractivity contribution in [3.63, 3.8) is 0 Å². The molecule has 0 radical (unpaired) electrons. The van der Waals surface area contributed by atoms with Gasteiger partial charge in [0.25, 0.3) is 0 Å². The van der Waals surface area contributed by atoms with Crippen molar-refractivity contribution in [1.29, 1.82) is 0 Å². The third-order valence-electron chi connectivity index (χ3n) is 3.74. The van der Waals surface area contributed by atoms with E-state index in [9.17, 15) is 9.90 Å². The van der Waals surface area contributed by atoms with Crippen molar-refractivity contribution in [3.05, 3.63) is 30.0 Å². The van der Waals surface area contributed by atoms with Crippen LogP contribution in [0.3, 0.4) is 0 Å². The van der Waals surface area contributed by atoms with Gasteiger partial charge in [-0.1, -0.05) is 6.07 Å². The van der Waals surface area contributed by atoms with E-state index in [0.29, 0.717) is 17.3 Å². The highest BCUT2D eigenvalue weighted by Gasteiger charge is 2.24. The molecule has 1 aliphatic heterocycles. The first-order valence-corrected chi connectivity index (χ1v) is 7.29. The van der Waals surface area contributed by atoms with Crippen LogP contribution in [-0.2, 0) is 0 Å². The van der Waals surface area contributed by atoms with Crippen LogP contribution in [0.15, 0.2) is 24.3 Å². The number of anilines is 1. The number of aromatic nitrogens is 3. The SMILES string of the molecule is COc1cccc(-n2nc(C(=O)O)c(N3CCCCC3)n2)c1. The monoisotopic (exact) mass is 302 g/mol. The van der Waals surface area contributed by atoms with Crippen LogP contribution in [0.25, 0.3) is 5.69 Å². The van der Waals surface area contributed by atoms with Gasteiger partial charge in [0, 0.05) is 19.2 Å². The van der Waals surface area contributed by atoms with Gasteiger partial charge in [-0.25, -0.2) is 4.79 Å². The second-order valence-electron chi connectivity index (χ2n) is 5.22. The molecular formula is C15H18N4O3. The molecule has 0 bridgehead atoms. The van der Waals surface area contributed by atoms with Crippen molar-refractivity contribution in [1.82, 2.24) is 15.0 Å². The molecule has 0 spiro atoms. The highest BCUT2D eigenvalue weighted by atomic mass is 16.5. The molecule has 2 aromatic rings. The number of ether oxygens (including phenoxy) is 1. The van der Waals surface area contributed by atoms with Crippen LogP contribution in [0.5, 0.6) is 5.75 Å². The average molecular weight is 302 g/mol. The number of nitrogens with zero attached hydrogens (tertiary/aromatic N) is 4. The van der Waals surface area contributed by atoms with Crippen LogP contribution < -0.4 is 9.64 Å². The van der Waals surface area contributed by atoms with Crippen LogP contribution in [0.2, 0.25) is 0 Å². The Bertz CT molecular complexity index is 677. The Balaban J connectivity index is 2.00. The van der Waals surface area contributed by atoms with Crippen molar-refractivity contribution < 1.29 is 14.6 Å². The lowest BCUT2D eigenvalue weighted by Gasteiger charge is -2.26. The topological polar surface area (TPSA) is 80.5 Å². The van der Waals surface area contributed by atoms with Gasteiger partial charge in [-0.15, -0.1) is 15.0 Å². The van der Waals surface area contributed by atoms with Crippen LogP contribution in [0.4, 0.5) is 5.82 Å². The van der Waals surface area contributed by atoms with Crippen LogP contribution >= 0.6 is 0 Å². The Hall–Kier alpha value is -2.57. The van der Waals surface area contributed by atoms with Gasteiger partial charge in [0.1, 0.15) is 5.75 Å². The Labute approximate surface area is 128 Å². The molecular weight excluding hydrogens is 284 g/mol. The highest BCUT2D eigenvalue weighted by Crippen LogP contribution is 2.23. The molecule has 1 aromatic heterocycles. The van der Waals surface area contributed by atoms with E-state index in [1.54, 1.807) is 13.2 Å². The predicted octanol–water partition coefficient (Wildman–Crippen LogP) is 1.96. The quantitative estimate of drug-likeness (QED) is 0.930. The number of hydrogen-bond donors (Lipinski definition) is 1. The van der Waals surface area contributed by atoms with Gasteiger partial charge in [0.15, 0.2) is 5.82 Å². The second-order valence-corrected chi connectivity index (χ2v) is 5.22. The maximum Gasteiger partial charge on any atom is 0.360 e. The molecule has 1 aliphatic rings. The van der Waals surface area contributed by atoms with Gasteiger partial charge in [0.2, 0.25) is 5.69 Å². The number of methoxy groups -OCH3 is 1. The number of carboxylic acid groups (broad SMARTS) is 1. The van der Waals surface area contributed by atoms with Crippen LogP contribution in [-0.4, -0.2) is 46.3 Å². The van der Waals surface area contributed by atoms with E-state index in [2.05, 4.69) is 10.2 Å². The third kappa shape index (κ3) is 2.74. The van der Waals surface area contributed by atoms with Gasteiger partial charge < -0.3 is 14.7 Å². The van der Waals surface area contributed by atoms with Crippen molar-refractivity contribution in [2.45, 2.75) is 19.3 Å². The lowest BCUT2D eigenvalue weighted by molar-refractivity contribution is 0.0690. The van der Waals surface area contributed by atoms with Gasteiger partial charge in [-0.05, 0) is 31.4 Å². The fraction of sp³-hybridized carbons (Fsp3) is 0.400. The smallest absolute Gasteiger partial charge is 0.360 e. The van der Waals surface area contributed by atoms with E-state index in [-0.39, 0.29) is 5.69 Å². The summed E-state index contributed by atoms with van der Waals surface area (Å²) < 4.78 is 5.18. The maximum atomic E-state index is 11.5. The fourth-order valence-corrected chi connectivity index (χ4v) is 2.61. The van der Waals surface area contributed by atoms with Gasteiger partial charge in [-0.3, -0.25) is 0 Å². The first kappa shape index (κ1) is 14.4. The normalized spacial score (nSPS) is 14.9. The number of hydrogen-bond acceptors (Lipinski definition) is 5. The molecule has 1 fully saturated rings. The van der Waals surface area contributed by atoms with E-state index in [4.69, 9.17) is 4.74 Å². The second kappa shape index (κ2) is 6.05. The van der Waals surface area contributed by atoms with Crippen LogP contribution in [0.1, 0.15) is 29.8 Å². The maximum absolute atomic E-state index is 11.5. The molecule has 0 aliphatic carbocycles. The molecule has 1 saturated heterocycles. The fourth-order valence-electron chi connectivity index (χ4n) is 2.61. The van der Waals surface area contributed by atoms with Crippen LogP contribution in [0, 0.1) is 0 Å². The summed E-state index contributed by atoms with van der Waals surface area (Å²) in [6.45, 7) is 1.63. The summed E-state index contributed by atoms with van der Waals surface area (Å²) in [6.07, 6.45) is 3.26. The summed E-state index contributed by atoms with van der Waals surface area (Å²) in [4.78, 5) is 14.8. The first-order valence-electron chi connectivity index (χ1n) is 7.29. The van der Waals surface area contributed by atoms with E-state index in [1.165, 1.54) is 11.2 Å². The zero-order chi connectivity index (χ0) is 15.5. The zero-order valence-electron chi connectivity index (χ0n) is 12.4. The van der Waals surface area contributed by atoms with E-state index in [0.717, 1.165) is 25.9 Å². The van der Waals surface area contributed by atoms with Crippen molar-refractivity contribution in [3.8, 4) is 11.4 Å². The number of carbonyl (C=O) groups is 1. The third-order valence-corrected chi connectivity index (χ3v) is 3.74. The molecule has 7 nitrogen and oxygen atoms in total. The molecule has 3 rings (SSSR count). The molecule has 22 heavy (non-hydrogen) atoms. The Morgan fingerprint density at radius 1 is 1.23 bits per heavy atom. The molecule has 0 amide bonds. The largest absolute Gasteiger partial charge is 0.497 e. The molecule has 7 heteroatoms. The summed E-state index contributed by atoms with van der Waals surface area (Å²) in [5.41, 5.74) is 0.662. The summed E-state index contributed by atoms with van der Waals surface area (Å²) in [5, 5.41) is 17.9. The number of piperidine rings is 1. The number of benzene rings is 1. The summed E-state index contributed by atoms with van der Waals surface area (Å²) in [7, 11) is 1.58. The molecule has 116 valence electrons. The highest BCUT2D eigenvalue weighted by molar-refractivity contribution is 5.91. The summed E-state index contributed by atoms with van der Waals surface area (Å²) in [5.74, 6) is 0.0518. The Kier molecular flexibility index (Phi) is 3.95. The number of carboxylic acids is 1. The van der Waals surface area contributed by atoms with Gasteiger partial charge >= 0.3 is 5.97 Å². The minimum atomic E-state index is -1.06. The van der Waals surface area contributed by atoms with Crippen molar-refractivity contribution in [2.75, 3.05) is 25.1 Å². The Morgan fingerprint density at radius 2 is 2.00 bits per heavy atom. The van der Waals surface area contributed by atoms with Crippen molar-refractivity contribution >= 4 is 11.8 Å². The summed E-state index contributed by atoms with van der Waals surface area (Å²) in [6, 6.07) is 7.22. The average Bonchev–Trinajstić information content (AvgIpc) is 3.01. The van der Waals surface area contributed by atoms with E-state index < -0.39 is 5.97 Å². The van der Waals surface area contributed by atoms with E-state index in [1.807, 2.05) is 23.1 Å². The minimum Gasteiger partial charge on any atom is -0.497 e. The van der Waals surface area contributed by atoms with E-state index >= 15 is 0 Å². The first-order chi connectivity index (χ1) is 10.7. The molecule has 1 aromatic carbocycles.